The molecule has 1 unspecified atom stereocenters. The Kier molecular flexibility index (Phi) is 7.58. The molecule has 31 heavy (non-hydrogen) atoms. The van der Waals surface area contributed by atoms with Gasteiger partial charge in [-0.05, 0) is 61.6 Å². The van der Waals surface area contributed by atoms with E-state index in [0.717, 1.165) is 35.2 Å². The number of rotatable bonds is 5. The largest absolute Gasteiger partial charge is 0.450 e. The van der Waals surface area contributed by atoms with E-state index in [-0.39, 0.29) is 12.1 Å². The van der Waals surface area contributed by atoms with E-state index >= 15 is 0 Å². The average Bonchev–Trinajstić information content (AvgIpc) is 3.12. The number of nitrogens with two attached hydrogens (primary N) is 1. The molecule has 0 aromatic heterocycles. The molecule has 2 amide bonds. The number of halogens is 1. The Labute approximate surface area is 188 Å². The number of primary amides is 1. The summed E-state index contributed by atoms with van der Waals surface area (Å²) in [5.41, 5.74) is 9.96. The van der Waals surface area contributed by atoms with E-state index in [9.17, 15) is 9.59 Å². The summed E-state index contributed by atoms with van der Waals surface area (Å²) in [5.74, 6) is -0.481. The summed E-state index contributed by atoms with van der Waals surface area (Å²) >= 11 is 6.29. The highest BCUT2D eigenvalue weighted by Gasteiger charge is 2.29. The van der Waals surface area contributed by atoms with Crippen molar-refractivity contribution in [1.82, 2.24) is 4.90 Å². The maximum atomic E-state index is 12.8. The van der Waals surface area contributed by atoms with Crippen LogP contribution in [0.25, 0.3) is 5.57 Å². The molecule has 0 fully saturated rings. The molecule has 3 N–H and O–H groups in total. The summed E-state index contributed by atoms with van der Waals surface area (Å²) in [7, 11) is 1.88. The number of allylic oxidation sites excluding steroid dienone is 4. The van der Waals surface area contributed by atoms with Crippen LogP contribution in [0.1, 0.15) is 31.7 Å². The maximum Gasteiger partial charge on any atom is 0.410 e. The van der Waals surface area contributed by atoms with Gasteiger partial charge in [0.1, 0.15) is 0 Å². The topological polar surface area (TPSA) is 84.7 Å². The molecule has 3 rings (SSSR count). The summed E-state index contributed by atoms with van der Waals surface area (Å²) < 4.78 is 5.34. The number of nitrogens with one attached hydrogen (secondary N) is 1. The molecule has 0 saturated heterocycles. The van der Waals surface area contributed by atoms with E-state index in [1.165, 1.54) is 0 Å². The summed E-state index contributed by atoms with van der Waals surface area (Å²) in [5, 5.41) is 3.88. The lowest BCUT2D eigenvalue weighted by atomic mass is 9.95. The van der Waals surface area contributed by atoms with Crippen LogP contribution in [0.3, 0.4) is 0 Å². The molecule has 0 radical (unpaired) electrons. The quantitative estimate of drug-likeness (QED) is 0.694. The lowest BCUT2D eigenvalue weighted by Crippen LogP contribution is -2.40. The molecule has 7 heteroatoms. The Bertz CT molecular complexity index is 978. The minimum absolute atomic E-state index is 0.307. The lowest BCUT2D eigenvalue weighted by Gasteiger charge is -2.29. The Morgan fingerprint density at radius 2 is 2.13 bits per heavy atom. The first kappa shape index (κ1) is 22.7. The first-order valence-electron chi connectivity index (χ1n) is 10.4. The Hall–Kier alpha value is -2.99. The number of hydrogen-bond donors (Lipinski definition) is 2. The van der Waals surface area contributed by atoms with Crippen molar-refractivity contribution >= 4 is 34.9 Å². The summed E-state index contributed by atoms with van der Waals surface area (Å²) in [6.07, 6.45) is 11.2. The zero-order valence-electron chi connectivity index (χ0n) is 17.9. The molecule has 2 aliphatic rings. The molecule has 1 atom stereocenters. The number of benzene rings is 1. The van der Waals surface area contributed by atoms with Crippen molar-refractivity contribution in [1.29, 1.82) is 0 Å². The van der Waals surface area contributed by atoms with Crippen LogP contribution >= 0.6 is 11.6 Å². The van der Waals surface area contributed by atoms with Crippen LogP contribution < -0.4 is 11.1 Å². The predicted octanol–water partition coefficient (Wildman–Crippen LogP) is 4.68. The van der Waals surface area contributed by atoms with E-state index in [0.29, 0.717) is 30.2 Å². The van der Waals surface area contributed by atoms with Gasteiger partial charge in [-0.1, -0.05) is 35.9 Å². The van der Waals surface area contributed by atoms with Crippen LogP contribution in [0.2, 0.25) is 5.02 Å². The van der Waals surface area contributed by atoms with E-state index in [2.05, 4.69) is 11.4 Å². The van der Waals surface area contributed by atoms with Crippen molar-refractivity contribution in [3.63, 3.8) is 0 Å². The minimum atomic E-state index is -0.481. The minimum Gasteiger partial charge on any atom is -0.450 e. The third-order valence-electron chi connectivity index (χ3n) is 5.43. The van der Waals surface area contributed by atoms with Crippen LogP contribution in [-0.4, -0.2) is 43.1 Å². The van der Waals surface area contributed by atoms with Gasteiger partial charge in [-0.25, -0.2) is 4.79 Å². The Morgan fingerprint density at radius 1 is 1.32 bits per heavy atom. The monoisotopic (exact) mass is 441 g/mol. The van der Waals surface area contributed by atoms with Crippen molar-refractivity contribution < 1.29 is 14.3 Å². The maximum absolute atomic E-state index is 12.8. The molecule has 1 aromatic rings. The second-order valence-corrected chi connectivity index (χ2v) is 7.84. The second kappa shape index (κ2) is 10.4. The molecule has 1 aliphatic heterocycles. The van der Waals surface area contributed by atoms with E-state index < -0.39 is 5.91 Å². The molecular formula is C24H28ClN3O3. The fraction of sp³-hybridized carbons (Fsp3) is 0.333. The highest BCUT2D eigenvalue weighted by molar-refractivity contribution is 6.30. The zero-order valence-corrected chi connectivity index (χ0v) is 18.6. The standard InChI is InChI=1S/C24H28ClN3O3/c1-3-31-24(30)28-13-5-8-18(20-15-19(25)11-12-21(20)27-2)14-22(28)16-6-4-7-17(10-9-16)23(26)29/h4,7,9-12,14-15,22,27H,3,5-6,8,13H2,1-2H3,(H2,26,29). The fourth-order valence-electron chi connectivity index (χ4n) is 3.91. The van der Waals surface area contributed by atoms with Crippen LogP contribution in [0.15, 0.2) is 59.7 Å². The molecule has 0 saturated carbocycles. The molecule has 1 aliphatic carbocycles. The first-order chi connectivity index (χ1) is 14.9. The van der Waals surface area contributed by atoms with Crippen molar-refractivity contribution in [2.75, 3.05) is 25.5 Å². The third kappa shape index (κ3) is 5.39. The Morgan fingerprint density at radius 3 is 2.84 bits per heavy atom. The van der Waals surface area contributed by atoms with Gasteiger partial charge < -0.3 is 15.8 Å². The number of amides is 2. The normalized spacial score (nSPS) is 18.9. The SMILES string of the molecule is CCOC(=O)N1CCCC(c2cc(Cl)ccc2NC)=CC1C1=CC=C(C(N)=O)C=CC1. The van der Waals surface area contributed by atoms with Crippen LogP contribution in [0, 0.1) is 0 Å². The van der Waals surface area contributed by atoms with Crippen molar-refractivity contribution in [2.45, 2.75) is 32.2 Å². The highest BCUT2D eigenvalue weighted by Crippen LogP contribution is 2.35. The molecule has 6 nitrogen and oxygen atoms in total. The summed E-state index contributed by atoms with van der Waals surface area (Å²) in [6.45, 7) is 2.67. The highest BCUT2D eigenvalue weighted by atomic mass is 35.5. The van der Waals surface area contributed by atoms with Gasteiger partial charge in [-0.15, -0.1) is 0 Å². The van der Waals surface area contributed by atoms with Crippen molar-refractivity contribution in [3.05, 3.63) is 70.3 Å². The molecule has 1 heterocycles. The van der Waals surface area contributed by atoms with Gasteiger partial charge in [-0.2, -0.15) is 0 Å². The molecular weight excluding hydrogens is 414 g/mol. The van der Waals surface area contributed by atoms with Crippen LogP contribution in [-0.2, 0) is 9.53 Å². The van der Waals surface area contributed by atoms with Gasteiger partial charge in [-0.3, -0.25) is 9.69 Å². The molecule has 164 valence electrons. The number of nitrogens with zero attached hydrogens (tertiary/aromatic N) is 1. The molecule has 0 bridgehead atoms. The third-order valence-corrected chi connectivity index (χ3v) is 5.67. The van der Waals surface area contributed by atoms with Crippen LogP contribution in [0.5, 0.6) is 0 Å². The first-order valence-corrected chi connectivity index (χ1v) is 10.8. The van der Waals surface area contributed by atoms with E-state index in [1.807, 2.05) is 37.4 Å². The molecule has 0 spiro atoms. The van der Waals surface area contributed by atoms with Crippen molar-refractivity contribution in [3.8, 4) is 0 Å². The van der Waals surface area contributed by atoms with Gasteiger partial charge in [0.2, 0.25) is 5.91 Å². The summed E-state index contributed by atoms with van der Waals surface area (Å²) in [6, 6.07) is 5.44. The number of carbonyl (C=O) groups is 2. The van der Waals surface area contributed by atoms with Gasteiger partial charge in [0, 0.05) is 35.4 Å². The fourth-order valence-corrected chi connectivity index (χ4v) is 4.08. The second-order valence-electron chi connectivity index (χ2n) is 7.41. The zero-order chi connectivity index (χ0) is 22.4. The predicted molar refractivity (Wildman–Crippen MR) is 125 cm³/mol. The number of hydrogen-bond acceptors (Lipinski definition) is 4. The Balaban J connectivity index is 2.09. The number of carbonyl (C=O) groups excluding carboxylic acids is 2. The summed E-state index contributed by atoms with van der Waals surface area (Å²) in [4.78, 5) is 26.1. The smallest absolute Gasteiger partial charge is 0.410 e. The van der Waals surface area contributed by atoms with Gasteiger partial charge in [0.25, 0.3) is 0 Å². The number of anilines is 1. The lowest BCUT2D eigenvalue weighted by molar-refractivity contribution is -0.114. The van der Waals surface area contributed by atoms with Gasteiger partial charge in [0.15, 0.2) is 0 Å². The van der Waals surface area contributed by atoms with Gasteiger partial charge in [0.05, 0.1) is 12.6 Å². The number of ether oxygens (including phenoxy) is 1. The average molecular weight is 442 g/mol. The molecule has 1 aromatic carbocycles. The van der Waals surface area contributed by atoms with Gasteiger partial charge >= 0.3 is 6.09 Å². The van der Waals surface area contributed by atoms with E-state index in [4.69, 9.17) is 22.1 Å². The van der Waals surface area contributed by atoms with E-state index in [1.54, 1.807) is 24.0 Å². The van der Waals surface area contributed by atoms with Crippen molar-refractivity contribution in [2.24, 2.45) is 5.73 Å². The van der Waals surface area contributed by atoms with Crippen LogP contribution in [0.4, 0.5) is 10.5 Å².